The summed E-state index contributed by atoms with van der Waals surface area (Å²) in [4.78, 5) is 35.4. The van der Waals surface area contributed by atoms with Crippen LogP contribution in [-0.2, 0) is 25.0 Å². The summed E-state index contributed by atoms with van der Waals surface area (Å²) in [6.07, 6.45) is 8.59. The van der Waals surface area contributed by atoms with Gasteiger partial charge in [-0.25, -0.2) is 10.7 Å². The number of fused-ring (bicyclic) bond motifs is 1. The summed E-state index contributed by atoms with van der Waals surface area (Å²) in [7, 11) is 3.18. The number of benzene rings is 1. The van der Waals surface area contributed by atoms with Crippen LogP contribution in [0.4, 0.5) is 0 Å². The Morgan fingerprint density at radius 2 is 1.85 bits per heavy atom. The molecule has 1 aliphatic carbocycles. The Morgan fingerprint density at radius 1 is 1.09 bits per heavy atom. The maximum atomic E-state index is 13.4. The lowest BCUT2D eigenvalue weighted by molar-refractivity contribution is 0.131. The highest BCUT2D eigenvalue weighted by Crippen LogP contribution is 2.27. The van der Waals surface area contributed by atoms with Gasteiger partial charge in [0.25, 0.3) is 5.56 Å². The molecular weight excluding hydrogens is 426 g/mol. The number of ether oxygens (including phenoxy) is 2. The van der Waals surface area contributed by atoms with Crippen molar-refractivity contribution in [1.29, 1.82) is 0 Å². The lowest BCUT2D eigenvalue weighted by Gasteiger charge is -2.13. The normalized spacial score (nSPS) is 13.4. The average Bonchev–Trinajstić information content (AvgIpc) is 3.19. The van der Waals surface area contributed by atoms with E-state index in [0.29, 0.717) is 30.0 Å². The van der Waals surface area contributed by atoms with Crippen molar-refractivity contribution in [2.75, 3.05) is 13.7 Å². The lowest BCUT2D eigenvalue weighted by atomic mass is 10.1. The minimum atomic E-state index is -0.457. The first-order valence-corrected chi connectivity index (χ1v) is 10.7. The van der Waals surface area contributed by atoms with E-state index in [-0.39, 0.29) is 24.8 Å². The molecule has 10 nitrogen and oxygen atoms in total. The summed E-state index contributed by atoms with van der Waals surface area (Å²) in [5.74, 6) is 6.32. The molecule has 0 aliphatic heterocycles. The van der Waals surface area contributed by atoms with Crippen LogP contribution in [-0.4, -0.2) is 32.4 Å². The molecule has 0 spiro atoms. The number of hydrogen-bond donors (Lipinski definition) is 1. The molecule has 0 saturated heterocycles. The molecule has 0 atom stereocenters. The molecule has 0 unspecified atom stereocenters. The van der Waals surface area contributed by atoms with Crippen molar-refractivity contribution in [3.05, 3.63) is 68.9 Å². The van der Waals surface area contributed by atoms with E-state index < -0.39 is 11.2 Å². The fourth-order valence-electron chi connectivity index (χ4n) is 3.80. The van der Waals surface area contributed by atoms with Crippen LogP contribution in [0.5, 0.6) is 17.5 Å². The number of hydrogen-bond acceptors (Lipinski definition) is 7. The second kappa shape index (κ2) is 9.88. The van der Waals surface area contributed by atoms with Crippen LogP contribution in [0.1, 0.15) is 19.3 Å². The third-order valence-corrected chi connectivity index (χ3v) is 5.52. The van der Waals surface area contributed by atoms with Gasteiger partial charge >= 0.3 is 11.7 Å². The van der Waals surface area contributed by atoms with Crippen LogP contribution in [0.3, 0.4) is 0 Å². The molecule has 2 N–H and O–H groups in total. The molecule has 2 aromatic heterocycles. The van der Waals surface area contributed by atoms with Crippen LogP contribution in [0.2, 0.25) is 0 Å². The fourth-order valence-corrected chi connectivity index (χ4v) is 3.80. The zero-order valence-corrected chi connectivity index (χ0v) is 18.7. The quantitative estimate of drug-likeness (QED) is 0.390. The van der Waals surface area contributed by atoms with Gasteiger partial charge in [-0.15, -0.1) is 0 Å². The van der Waals surface area contributed by atoms with Gasteiger partial charge in [0, 0.05) is 13.6 Å². The lowest BCUT2D eigenvalue weighted by Crippen LogP contribution is -2.40. The summed E-state index contributed by atoms with van der Waals surface area (Å²) in [6.45, 7) is 0.801. The van der Waals surface area contributed by atoms with Crippen LogP contribution in [0.15, 0.2) is 57.7 Å². The molecule has 174 valence electrons. The Kier molecular flexibility index (Phi) is 6.76. The van der Waals surface area contributed by atoms with Crippen molar-refractivity contribution in [3.63, 3.8) is 0 Å². The first-order valence-electron chi connectivity index (χ1n) is 10.7. The van der Waals surface area contributed by atoms with Crippen LogP contribution in [0, 0.1) is 0 Å². The Balaban J connectivity index is 1.85. The molecule has 2 heterocycles. The van der Waals surface area contributed by atoms with E-state index >= 15 is 0 Å². The van der Waals surface area contributed by atoms with Crippen molar-refractivity contribution < 1.29 is 14.3 Å². The zero-order valence-electron chi connectivity index (χ0n) is 18.7. The van der Waals surface area contributed by atoms with Gasteiger partial charge in [0.05, 0.1) is 20.3 Å². The number of nitrogens with zero attached hydrogens (tertiary/aromatic N) is 4. The van der Waals surface area contributed by atoms with Crippen molar-refractivity contribution in [2.45, 2.75) is 32.4 Å². The molecule has 0 saturated carbocycles. The first-order chi connectivity index (χ1) is 16.0. The molecule has 0 radical (unpaired) electrons. The zero-order chi connectivity index (χ0) is 23.4. The van der Waals surface area contributed by atoms with E-state index in [1.165, 1.54) is 9.13 Å². The molecule has 33 heavy (non-hydrogen) atoms. The molecule has 0 fully saturated rings. The molecule has 0 bridgehead atoms. The van der Waals surface area contributed by atoms with E-state index in [2.05, 4.69) is 22.0 Å². The molecule has 3 aromatic rings. The Labute approximate surface area is 190 Å². The highest BCUT2D eigenvalue weighted by Gasteiger charge is 2.22. The first kappa shape index (κ1) is 22.6. The van der Waals surface area contributed by atoms with Gasteiger partial charge in [0.2, 0.25) is 0 Å². The van der Waals surface area contributed by atoms with Crippen molar-refractivity contribution in [2.24, 2.45) is 12.9 Å². The second-order valence-electron chi connectivity index (χ2n) is 7.71. The van der Waals surface area contributed by atoms with Crippen LogP contribution >= 0.6 is 0 Å². The largest absolute Gasteiger partial charge is 0.497 e. The number of methoxy groups -OCH3 is 1. The molecule has 10 heteroatoms. The SMILES string of the molecule is COc1ccc(Oc2nc3c(c(=O)n(CCCON)c(=O)n3C)n2CC2=CCCC=C2)cc1. The third kappa shape index (κ3) is 4.62. The highest BCUT2D eigenvalue weighted by atomic mass is 16.6. The molecule has 0 amide bonds. The van der Waals surface area contributed by atoms with Gasteiger partial charge in [-0.1, -0.05) is 18.2 Å². The van der Waals surface area contributed by atoms with Gasteiger partial charge < -0.3 is 14.3 Å². The third-order valence-electron chi connectivity index (χ3n) is 5.52. The number of imidazole rings is 1. The number of aryl methyl sites for hydroxylation is 1. The molecule has 1 aromatic carbocycles. The van der Waals surface area contributed by atoms with E-state index in [1.807, 2.05) is 6.08 Å². The van der Waals surface area contributed by atoms with E-state index in [4.69, 9.17) is 15.4 Å². The second-order valence-corrected chi connectivity index (χ2v) is 7.71. The molecule has 4 rings (SSSR count). The van der Waals surface area contributed by atoms with Crippen molar-refractivity contribution >= 4 is 11.2 Å². The Hall–Kier alpha value is -3.63. The summed E-state index contributed by atoms with van der Waals surface area (Å²) in [5, 5.41) is 0. The minimum Gasteiger partial charge on any atom is -0.497 e. The maximum absolute atomic E-state index is 13.4. The maximum Gasteiger partial charge on any atom is 0.332 e. The van der Waals surface area contributed by atoms with E-state index in [1.54, 1.807) is 43.0 Å². The Morgan fingerprint density at radius 3 is 2.52 bits per heavy atom. The average molecular weight is 453 g/mol. The van der Waals surface area contributed by atoms with E-state index in [0.717, 1.165) is 18.4 Å². The summed E-state index contributed by atoms with van der Waals surface area (Å²) in [6, 6.07) is 7.29. The monoisotopic (exact) mass is 453 g/mol. The van der Waals surface area contributed by atoms with Crippen molar-refractivity contribution in [3.8, 4) is 17.5 Å². The standard InChI is InChI=1S/C23H27N5O5/c1-26-20-19(21(29)27(23(26)30)13-6-14-32-24)28(15-16-7-4-3-5-8-16)22(25-20)33-18-11-9-17(31-2)10-12-18/h4,7-12H,3,5-6,13-15,24H2,1-2H3. The summed E-state index contributed by atoms with van der Waals surface area (Å²) in [5.41, 5.74) is 0.718. The van der Waals surface area contributed by atoms with E-state index in [9.17, 15) is 9.59 Å². The minimum absolute atomic E-state index is 0.182. The van der Waals surface area contributed by atoms with Crippen LogP contribution < -0.4 is 26.6 Å². The van der Waals surface area contributed by atoms with Gasteiger partial charge in [-0.3, -0.25) is 18.5 Å². The smallest absolute Gasteiger partial charge is 0.332 e. The highest BCUT2D eigenvalue weighted by molar-refractivity contribution is 5.72. The summed E-state index contributed by atoms with van der Waals surface area (Å²) < 4.78 is 15.5. The summed E-state index contributed by atoms with van der Waals surface area (Å²) >= 11 is 0. The molecule has 1 aliphatic rings. The van der Waals surface area contributed by atoms with Gasteiger partial charge in [0.1, 0.15) is 11.5 Å². The predicted molar refractivity (Wildman–Crippen MR) is 124 cm³/mol. The fraction of sp³-hybridized carbons (Fsp3) is 0.348. The van der Waals surface area contributed by atoms with Gasteiger partial charge in [-0.2, -0.15) is 4.98 Å². The number of nitrogens with two attached hydrogens (primary N) is 1. The number of aromatic nitrogens is 4. The topological polar surface area (TPSA) is 116 Å². The van der Waals surface area contributed by atoms with Gasteiger partial charge in [-0.05, 0) is 49.1 Å². The molecular formula is C23H27N5O5. The van der Waals surface area contributed by atoms with Gasteiger partial charge in [0.15, 0.2) is 11.2 Å². The predicted octanol–water partition coefficient (Wildman–Crippen LogP) is 2.25. The number of allylic oxidation sites excluding steroid dienone is 4. The van der Waals surface area contributed by atoms with Crippen molar-refractivity contribution in [1.82, 2.24) is 18.7 Å². The van der Waals surface area contributed by atoms with Crippen LogP contribution in [0.25, 0.3) is 11.2 Å². The number of rotatable bonds is 9. The Bertz CT molecular complexity index is 1310.